The Morgan fingerprint density at radius 1 is 0.274 bits per heavy atom. The highest BCUT2D eigenvalue weighted by Gasteiger charge is 2.51. The van der Waals surface area contributed by atoms with E-state index in [0.29, 0.717) is 23.7 Å². The SMILES string of the molecule is C1=CCC(C2=CCCC(C3=CCCCC3)C2N2c3cc(-n4c5cc(-c6ccccc6)ccc5c5ccc(-c6ccccc6)cc54)ccc3B3c4ccc(-n5c6cc(-c7ccccc7)ccc6c6ccc(-c7ccccc7)cc65)cc4N(C4C(C5CC=CCC5)=CCCC4C4=CCCCC4)c4cc(-c5ccccc5)cc2c43)CC1. The van der Waals surface area contributed by atoms with E-state index < -0.39 is 0 Å². The maximum atomic E-state index is 3.07. The second kappa shape index (κ2) is 28.8. The van der Waals surface area contributed by atoms with Crippen molar-refractivity contribution >= 4 is 89.5 Å². The molecule has 6 unspecified atom stereocenters. The Morgan fingerprint density at radius 2 is 0.637 bits per heavy atom. The highest BCUT2D eigenvalue weighted by Crippen LogP contribution is 2.54. The molecule has 0 amide bonds. The second-order valence-corrected chi connectivity index (χ2v) is 33.7. The fourth-order valence-corrected chi connectivity index (χ4v) is 22.3. The summed E-state index contributed by atoms with van der Waals surface area (Å²) in [5, 5.41) is 5.05. The summed E-state index contributed by atoms with van der Waals surface area (Å²) in [6.45, 7) is -0.118. The van der Waals surface area contributed by atoms with Gasteiger partial charge in [-0.05, 0) is 271 Å². The lowest BCUT2D eigenvalue weighted by Gasteiger charge is -2.53. The molecule has 5 heteroatoms. The third-order valence-electron chi connectivity index (χ3n) is 27.5. The molecule has 4 heterocycles. The second-order valence-electron chi connectivity index (χ2n) is 33.7. The molecule has 0 bridgehead atoms. The van der Waals surface area contributed by atoms with Crippen LogP contribution in [0.3, 0.4) is 0 Å². The van der Waals surface area contributed by atoms with Crippen molar-refractivity contribution in [2.24, 2.45) is 23.7 Å². The van der Waals surface area contributed by atoms with E-state index in [2.05, 4.69) is 341 Å². The summed E-state index contributed by atoms with van der Waals surface area (Å²) < 4.78 is 5.32. The Kier molecular flexibility index (Phi) is 17.4. The number of allylic oxidation sites excluding steroid dienone is 8. The molecule has 22 rings (SSSR count). The molecular formula is C108H95BN4. The van der Waals surface area contributed by atoms with Crippen LogP contribution in [0.25, 0.3) is 111 Å². The van der Waals surface area contributed by atoms with Crippen LogP contribution >= 0.6 is 0 Å². The molecule has 113 heavy (non-hydrogen) atoms. The van der Waals surface area contributed by atoms with Crippen molar-refractivity contribution in [3.05, 3.63) is 344 Å². The van der Waals surface area contributed by atoms with Gasteiger partial charge in [0.2, 0.25) is 0 Å². The summed E-state index contributed by atoms with van der Waals surface area (Å²) >= 11 is 0. The summed E-state index contributed by atoms with van der Waals surface area (Å²) in [7, 11) is 0. The zero-order valence-corrected chi connectivity index (χ0v) is 64.7. The third kappa shape index (κ3) is 11.8. The van der Waals surface area contributed by atoms with Gasteiger partial charge in [-0.3, -0.25) is 0 Å². The minimum Gasteiger partial charge on any atom is -0.334 e. The Morgan fingerprint density at radius 3 is 0.973 bits per heavy atom. The number of nitrogens with zero attached hydrogens (tertiary/aromatic N) is 4. The molecular weight excluding hydrogens is 1360 g/mol. The van der Waals surface area contributed by atoms with E-state index in [1.54, 1.807) is 22.3 Å². The normalized spacial score (nSPS) is 20.7. The van der Waals surface area contributed by atoms with Crippen molar-refractivity contribution in [3.8, 4) is 67.0 Å². The van der Waals surface area contributed by atoms with Crippen LogP contribution < -0.4 is 26.2 Å². The zero-order chi connectivity index (χ0) is 74.5. The van der Waals surface area contributed by atoms with Crippen LogP contribution in [-0.2, 0) is 0 Å². The van der Waals surface area contributed by atoms with E-state index in [4.69, 9.17) is 0 Å². The number of anilines is 4. The van der Waals surface area contributed by atoms with Gasteiger partial charge in [0.1, 0.15) is 0 Å². The van der Waals surface area contributed by atoms with Crippen molar-refractivity contribution in [1.29, 1.82) is 0 Å². The van der Waals surface area contributed by atoms with Crippen molar-refractivity contribution < 1.29 is 0 Å². The first-order valence-electron chi connectivity index (χ1n) is 42.6. The molecule has 6 atom stereocenters. The van der Waals surface area contributed by atoms with E-state index in [-0.39, 0.29) is 18.8 Å². The molecule has 550 valence electrons. The fourth-order valence-electron chi connectivity index (χ4n) is 22.3. The quantitative estimate of drug-likeness (QED) is 0.0845. The van der Waals surface area contributed by atoms with Gasteiger partial charge in [-0.1, -0.05) is 272 Å². The molecule has 0 N–H and O–H groups in total. The number of hydrogen-bond donors (Lipinski definition) is 0. The minimum absolute atomic E-state index is 0.0792. The summed E-state index contributed by atoms with van der Waals surface area (Å²) in [4.78, 5) is 6.13. The summed E-state index contributed by atoms with van der Waals surface area (Å²) in [6, 6.07) is 106. The average Bonchev–Trinajstić information content (AvgIpc) is 1.56. The molecule has 12 aromatic carbocycles. The lowest BCUT2D eigenvalue weighted by molar-refractivity contribution is 0.391. The van der Waals surface area contributed by atoms with Gasteiger partial charge in [-0.15, -0.1) is 0 Å². The Balaban J connectivity index is 0.864. The Labute approximate surface area is 666 Å². The van der Waals surface area contributed by atoms with Crippen LogP contribution in [0.1, 0.15) is 116 Å². The van der Waals surface area contributed by atoms with Crippen molar-refractivity contribution in [2.45, 2.75) is 128 Å². The summed E-state index contributed by atoms with van der Waals surface area (Å²) in [5.74, 6) is 1.54. The van der Waals surface area contributed by atoms with Crippen molar-refractivity contribution in [2.75, 3.05) is 9.80 Å². The molecule has 6 aliphatic carbocycles. The number of rotatable bonds is 13. The number of fused-ring (bicyclic) bond motifs is 10. The number of benzene rings is 12. The van der Waals surface area contributed by atoms with Gasteiger partial charge in [0.15, 0.2) is 0 Å². The number of aromatic nitrogens is 2. The highest BCUT2D eigenvalue weighted by molar-refractivity contribution is 7.00. The summed E-state index contributed by atoms with van der Waals surface area (Å²) in [6.07, 6.45) is 41.9. The molecule has 0 spiro atoms. The maximum absolute atomic E-state index is 3.07. The van der Waals surface area contributed by atoms with E-state index in [1.165, 1.54) is 201 Å². The minimum atomic E-state index is -0.118. The molecule has 8 aliphatic rings. The van der Waals surface area contributed by atoms with Crippen LogP contribution in [-0.4, -0.2) is 27.9 Å². The van der Waals surface area contributed by atoms with E-state index >= 15 is 0 Å². The molecule has 14 aromatic rings. The molecule has 2 aliphatic heterocycles. The molecule has 4 nitrogen and oxygen atoms in total. The topological polar surface area (TPSA) is 16.3 Å². The van der Waals surface area contributed by atoms with Gasteiger partial charge < -0.3 is 18.9 Å². The van der Waals surface area contributed by atoms with Gasteiger partial charge in [-0.2, -0.15) is 0 Å². The monoisotopic (exact) mass is 1460 g/mol. The van der Waals surface area contributed by atoms with Crippen LogP contribution in [0.15, 0.2) is 344 Å². The van der Waals surface area contributed by atoms with Crippen LogP contribution in [0, 0.1) is 23.7 Å². The van der Waals surface area contributed by atoms with E-state index in [0.717, 1.165) is 64.2 Å². The van der Waals surface area contributed by atoms with Gasteiger partial charge in [0, 0.05) is 67.5 Å². The standard InChI is InChI=1S/C108H95BN4/c1-10-30-72(31-11-1)81-52-58-92-93-59-53-82(73-32-12-2-13-33-73)65-99(93)110(98(92)64-81)86-56-62-96-102(70-86)112(107-88(77-40-20-6-21-41-77)48-28-49-89(107)78-42-22-7-23-43-78)104-68-85(76-38-18-5-19-39-76)69-105-106(104)109(96)97-63-57-87(71-103(97)113(105)108-90(79-44-24-8-25-45-79)50-29-51-91(108)80-46-26-9-27-47-80)111-100-66-83(74-34-14-3-15-35-74)54-60-94(100)95-61-55-84(67-101(95)111)75-36-16-4-17-37-75/h1-6,8,10-20,24,30-39,42,46,48,50,52-71,77,79,89,91,107-108H,7,9,21-23,25-29,40-41,43-45,47,49,51H2. The first-order chi connectivity index (χ1) is 56.1. The van der Waals surface area contributed by atoms with E-state index in [9.17, 15) is 0 Å². The lowest BCUT2D eigenvalue weighted by atomic mass is 9.33. The molecule has 0 saturated heterocycles. The predicted molar refractivity (Wildman–Crippen MR) is 479 cm³/mol. The smallest absolute Gasteiger partial charge is 0.252 e. The molecule has 0 fully saturated rings. The summed E-state index contributed by atoms with van der Waals surface area (Å²) in [5.41, 5.74) is 35.9. The maximum Gasteiger partial charge on any atom is 0.252 e. The first kappa shape index (κ1) is 68.2. The Bertz CT molecular complexity index is 5690. The van der Waals surface area contributed by atoms with Crippen molar-refractivity contribution in [3.63, 3.8) is 0 Å². The van der Waals surface area contributed by atoms with Gasteiger partial charge >= 0.3 is 0 Å². The molecule has 0 radical (unpaired) electrons. The molecule has 2 aromatic heterocycles. The van der Waals surface area contributed by atoms with Gasteiger partial charge in [0.05, 0.1) is 34.2 Å². The average molecular weight is 1460 g/mol. The zero-order valence-electron chi connectivity index (χ0n) is 64.7. The fraction of sp³-hybridized carbons (Fsp3) is 0.222. The van der Waals surface area contributed by atoms with Crippen LogP contribution in [0.2, 0.25) is 0 Å². The van der Waals surface area contributed by atoms with Crippen molar-refractivity contribution in [1.82, 2.24) is 9.13 Å². The van der Waals surface area contributed by atoms with Gasteiger partial charge in [-0.25, -0.2) is 0 Å². The Hall–Kier alpha value is -11.7. The molecule has 0 saturated carbocycles. The first-order valence-corrected chi connectivity index (χ1v) is 42.6. The van der Waals surface area contributed by atoms with Crippen LogP contribution in [0.4, 0.5) is 22.7 Å². The highest BCUT2D eigenvalue weighted by atomic mass is 15.2. The van der Waals surface area contributed by atoms with E-state index in [1.807, 2.05) is 0 Å². The predicted octanol–water partition coefficient (Wildman–Crippen LogP) is 26.8. The number of hydrogen-bond acceptors (Lipinski definition) is 2. The van der Waals surface area contributed by atoms with Crippen LogP contribution in [0.5, 0.6) is 0 Å². The largest absolute Gasteiger partial charge is 0.334 e. The third-order valence-corrected chi connectivity index (χ3v) is 27.5. The lowest BCUT2D eigenvalue weighted by Crippen LogP contribution is -2.65. The van der Waals surface area contributed by atoms with Gasteiger partial charge in [0.25, 0.3) is 6.71 Å².